The summed E-state index contributed by atoms with van der Waals surface area (Å²) in [7, 11) is -0.823. The largest absolute Gasteiger partial charge is 0.679 e. The minimum absolute atomic E-state index is 0.391. The maximum Gasteiger partial charge on any atom is 0.679 e. The molecule has 0 radical (unpaired) electrons. The third kappa shape index (κ3) is 15.4. The molecule has 0 heterocycles. The van der Waals surface area contributed by atoms with Crippen molar-refractivity contribution in [2.45, 2.75) is 47.1 Å². The van der Waals surface area contributed by atoms with E-state index in [0.717, 1.165) is 23.6 Å². The Morgan fingerprint density at radius 3 is 1.47 bits per heavy atom. The average Bonchev–Trinajstić information content (AvgIpc) is 2.70. The molecule has 0 spiro atoms. The molecule has 0 N–H and O–H groups in total. The highest BCUT2D eigenvalue weighted by Crippen LogP contribution is 2.18. The van der Waals surface area contributed by atoms with Crippen molar-refractivity contribution in [1.82, 2.24) is 0 Å². The summed E-state index contributed by atoms with van der Waals surface area (Å²) in [4.78, 5) is 0. The molecule has 0 rings (SSSR count). The van der Waals surface area contributed by atoms with E-state index in [-0.39, 0.29) is 0 Å². The maximum absolute atomic E-state index is 5.76. The van der Waals surface area contributed by atoms with Crippen molar-refractivity contribution < 1.29 is 35.7 Å². The van der Waals surface area contributed by atoms with E-state index in [1.807, 2.05) is 34.6 Å². The van der Waals surface area contributed by atoms with Crippen LogP contribution in [0.5, 0.6) is 0 Å². The van der Waals surface area contributed by atoms with Gasteiger partial charge >= 0.3 is 17.9 Å². The Kier molecular flexibility index (Phi) is 20.4. The van der Waals surface area contributed by atoms with Gasteiger partial charge in [-0.1, -0.05) is 24.3 Å². The molecule has 0 fully saturated rings. The van der Waals surface area contributed by atoms with Crippen LogP contribution < -0.4 is 0 Å². The van der Waals surface area contributed by atoms with Crippen molar-refractivity contribution in [2.75, 3.05) is 61.0 Å². The molecule has 0 aromatic rings. The van der Waals surface area contributed by atoms with E-state index < -0.39 is 17.9 Å². The molecule has 0 bridgehead atoms. The van der Waals surface area contributed by atoms with Gasteiger partial charge < -0.3 is 35.7 Å². The summed E-state index contributed by atoms with van der Waals surface area (Å²) >= 11 is 0. The second-order valence-corrected chi connectivity index (χ2v) is 11.7. The summed E-state index contributed by atoms with van der Waals surface area (Å²) in [6.07, 6.45) is 0.888. The van der Waals surface area contributed by atoms with Crippen LogP contribution in [0, 0.1) is 0 Å². The molecule has 0 saturated carbocycles. The molecule has 180 valence electrons. The van der Waals surface area contributed by atoms with Crippen molar-refractivity contribution in [3.05, 3.63) is 24.3 Å². The van der Waals surface area contributed by atoms with Gasteiger partial charge in [-0.25, -0.2) is 0 Å². The lowest BCUT2D eigenvalue weighted by atomic mass is 10.4. The first-order chi connectivity index (χ1) is 14.2. The molecule has 0 aliphatic heterocycles. The third-order valence-corrected chi connectivity index (χ3v) is 8.61. The molecule has 0 saturated heterocycles. The Morgan fingerprint density at radius 2 is 1.13 bits per heavy atom. The average molecular weight is 469 g/mol. The standard InChI is InChI=1S/C13H28O4Si.C7H16O4Si/c1-6-15-18(16-7-2,17-8-3)11-9-10-14-12-13(4)5;1-7(2)6-11-12(8-3,9-4)10-5/h4,6-12H2,1-3,5H3;1,6H2,2-5H3. The number of hydrogen-bond donors (Lipinski definition) is 0. The number of hydrogen-bond acceptors (Lipinski definition) is 8. The summed E-state index contributed by atoms with van der Waals surface area (Å²) in [6.45, 7) is 20.8. The van der Waals surface area contributed by atoms with Gasteiger partial charge in [0.1, 0.15) is 0 Å². The predicted molar refractivity (Wildman–Crippen MR) is 123 cm³/mol. The fourth-order valence-electron chi connectivity index (χ4n) is 2.28. The topological polar surface area (TPSA) is 73.8 Å². The van der Waals surface area contributed by atoms with E-state index >= 15 is 0 Å². The minimum atomic E-state index is -2.84. The first-order valence-corrected chi connectivity index (χ1v) is 13.8. The van der Waals surface area contributed by atoms with E-state index in [0.29, 0.717) is 39.6 Å². The smallest absolute Gasteiger partial charge is 0.377 e. The van der Waals surface area contributed by atoms with Gasteiger partial charge in [0, 0.05) is 53.8 Å². The van der Waals surface area contributed by atoms with Crippen LogP contribution in [0.4, 0.5) is 0 Å². The first-order valence-electron chi connectivity index (χ1n) is 10.3. The Balaban J connectivity index is 0. The molecule has 8 nitrogen and oxygen atoms in total. The molecule has 30 heavy (non-hydrogen) atoms. The first kappa shape index (κ1) is 31.8. The van der Waals surface area contributed by atoms with E-state index in [4.69, 9.17) is 35.7 Å². The normalized spacial score (nSPS) is 11.7. The van der Waals surface area contributed by atoms with Crippen molar-refractivity contribution >= 4 is 17.9 Å². The molecule has 0 atom stereocenters. The molecule has 0 amide bonds. The number of rotatable bonds is 18. The molecule has 10 heteroatoms. The second-order valence-electron chi connectivity index (χ2n) is 6.45. The Morgan fingerprint density at radius 1 is 0.700 bits per heavy atom. The highest BCUT2D eigenvalue weighted by Gasteiger charge is 2.42. The molecule has 0 aromatic heterocycles. The molecule has 0 aliphatic carbocycles. The van der Waals surface area contributed by atoms with Gasteiger partial charge in [0.2, 0.25) is 0 Å². The zero-order valence-electron chi connectivity index (χ0n) is 20.3. The SMILES string of the molecule is C=C(C)COCCC[Si](OCC)(OCC)OCC.C=C(C)CO[Si](OC)(OC)OC. The molecule has 0 unspecified atom stereocenters. The van der Waals surface area contributed by atoms with Crippen LogP contribution in [-0.2, 0) is 35.7 Å². The van der Waals surface area contributed by atoms with Crippen molar-refractivity contribution in [3.63, 3.8) is 0 Å². The highest BCUT2D eigenvalue weighted by molar-refractivity contribution is 6.60. The Bertz CT molecular complexity index is 419. The molecular weight excluding hydrogens is 424 g/mol. The van der Waals surface area contributed by atoms with Gasteiger partial charge in [0.15, 0.2) is 0 Å². The summed E-state index contributed by atoms with van der Waals surface area (Å²) < 4.78 is 43.1. The van der Waals surface area contributed by atoms with Crippen molar-refractivity contribution in [2.24, 2.45) is 0 Å². The second kappa shape index (κ2) is 19.3. The lowest BCUT2D eigenvalue weighted by Crippen LogP contribution is -2.46. The fraction of sp³-hybridized carbons (Fsp3) is 0.800. The quantitative estimate of drug-likeness (QED) is 0.170. The monoisotopic (exact) mass is 468 g/mol. The Labute approximate surface area is 186 Å². The zero-order chi connectivity index (χ0) is 23.5. The van der Waals surface area contributed by atoms with Gasteiger partial charge in [0.05, 0.1) is 13.2 Å². The van der Waals surface area contributed by atoms with E-state index in [2.05, 4.69) is 13.2 Å². The fourth-order valence-corrected chi connectivity index (χ4v) is 6.13. The lowest BCUT2D eigenvalue weighted by molar-refractivity contribution is 0.0118. The predicted octanol–water partition coefficient (Wildman–Crippen LogP) is 3.97. The molecule has 0 aliphatic rings. The van der Waals surface area contributed by atoms with Crippen molar-refractivity contribution in [3.8, 4) is 0 Å². The van der Waals surface area contributed by atoms with Gasteiger partial charge in [-0.15, -0.1) is 0 Å². The maximum atomic E-state index is 5.76. The van der Waals surface area contributed by atoms with E-state index in [9.17, 15) is 0 Å². The van der Waals surface area contributed by atoms with Gasteiger partial charge in [-0.05, 0) is 41.0 Å². The lowest BCUT2D eigenvalue weighted by Gasteiger charge is -2.28. The third-order valence-electron chi connectivity index (χ3n) is 3.46. The van der Waals surface area contributed by atoms with Crippen LogP contribution in [0.1, 0.15) is 41.0 Å². The highest BCUT2D eigenvalue weighted by atomic mass is 28.4. The van der Waals surface area contributed by atoms with Crippen LogP contribution in [0.2, 0.25) is 6.04 Å². The van der Waals surface area contributed by atoms with Crippen LogP contribution in [0.15, 0.2) is 24.3 Å². The minimum Gasteiger partial charge on any atom is -0.377 e. The summed E-state index contributed by atoms with van der Waals surface area (Å²) in [6, 6.07) is 0.804. The summed E-state index contributed by atoms with van der Waals surface area (Å²) in [5.74, 6) is 0. The van der Waals surface area contributed by atoms with Crippen molar-refractivity contribution in [1.29, 1.82) is 0 Å². The van der Waals surface area contributed by atoms with E-state index in [1.54, 1.807) is 0 Å². The van der Waals surface area contributed by atoms with Crippen LogP contribution >= 0.6 is 0 Å². The number of ether oxygens (including phenoxy) is 1. The van der Waals surface area contributed by atoms with Gasteiger partial charge in [-0.3, -0.25) is 0 Å². The van der Waals surface area contributed by atoms with Crippen LogP contribution in [-0.4, -0.2) is 78.8 Å². The van der Waals surface area contributed by atoms with Crippen LogP contribution in [0.3, 0.4) is 0 Å². The van der Waals surface area contributed by atoms with Gasteiger partial charge in [0.25, 0.3) is 0 Å². The van der Waals surface area contributed by atoms with Gasteiger partial charge in [-0.2, -0.15) is 0 Å². The Hall–Kier alpha value is -0.406. The summed E-state index contributed by atoms with van der Waals surface area (Å²) in [5.41, 5.74) is 1.94. The molecule has 0 aromatic carbocycles. The molecular formula is C20H44O8Si2. The summed E-state index contributed by atoms with van der Waals surface area (Å²) in [5, 5.41) is 0. The van der Waals surface area contributed by atoms with E-state index in [1.165, 1.54) is 21.3 Å². The van der Waals surface area contributed by atoms with Crippen LogP contribution in [0.25, 0.3) is 0 Å². The zero-order valence-corrected chi connectivity index (χ0v) is 22.3.